The van der Waals surface area contributed by atoms with Gasteiger partial charge in [-0.1, -0.05) is 0 Å². The summed E-state index contributed by atoms with van der Waals surface area (Å²) in [6.45, 7) is -0.983. The van der Waals surface area contributed by atoms with Gasteiger partial charge in [0.25, 0.3) is 0 Å². The van der Waals surface area contributed by atoms with E-state index in [1.54, 1.807) is 0 Å². The van der Waals surface area contributed by atoms with Gasteiger partial charge in [-0.15, -0.1) is 0 Å². The van der Waals surface area contributed by atoms with Crippen LogP contribution in [0.25, 0.3) is 11.2 Å². The van der Waals surface area contributed by atoms with Gasteiger partial charge in [0.15, 0.2) is 11.7 Å². The quantitative estimate of drug-likeness (QED) is 0.191. The first kappa shape index (κ1) is 24.3. The SMILES string of the molecule is O=c1nc[nH]c2c1ncn2C1O[C@H](COP(=O)(O)OP(=O)(O)OP(=O)(O)O)[C@@H](O)[C@H]1O. The van der Waals surface area contributed by atoms with Gasteiger partial charge in [-0.2, -0.15) is 13.6 Å². The molecule has 0 amide bonds. The maximum absolute atomic E-state index is 11.8. The molecule has 6 atom stereocenters. The number of imidazole rings is 1. The monoisotopic (exact) mass is 508 g/mol. The third-order valence-corrected chi connectivity index (χ3v) is 7.61. The minimum Gasteiger partial charge on any atom is -0.387 e. The van der Waals surface area contributed by atoms with Crippen molar-refractivity contribution >= 4 is 34.6 Å². The van der Waals surface area contributed by atoms with Crippen molar-refractivity contribution in [2.24, 2.45) is 0 Å². The summed E-state index contributed by atoms with van der Waals surface area (Å²) < 4.78 is 51.7. The fourth-order valence-corrected chi connectivity index (χ4v) is 5.66. The number of aliphatic hydroxyl groups is 2. The number of aromatic amines is 1. The zero-order valence-corrected chi connectivity index (χ0v) is 17.5. The minimum absolute atomic E-state index is 0.0878. The Hall–Kier alpha value is -1.36. The van der Waals surface area contributed by atoms with Crippen LogP contribution in [-0.4, -0.2) is 74.2 Å². The van der Waals surface area contributed by atoms with Crippen LogP contribution >= 0.6 is 23.5 Å². The summed E-state index contributed by atoms with van der Waals surface area (Å²) in [5.74, 6) is 0. The summed E-state index contributed by atoms with van der Waals surface area (Å²) in [6.07, 6.45) is -4.00. The number of aliphatic hydroxyl groups excluding tert-OH is 2. The fourth-order valence-electron chi connectivity index (χ4n) is 2.63. The lowest BCUT2D eigenvalue weighted by molar-refractivity contribution is -0.0503. The highest BCUT2D eigenvalue weighted by molar-refractivity contribution is 7.66. The number of phosphoric ester groups is 1. The van der Waals surface area contributed by atoms with E-state index >= 15 is 0 Å². The lowest BCUT2D eigenvalue weighted by Gasteiger charge is -2.19. The Morgan fingerprint density at radius 2 is 1.74 bits per heavy atom. The van der Waals surface area contributed by atoms with Crippen molar-refractivity contribution in [3.05, 3.63) is 23.0 Å². The molecule has 0 aliphatic carbocycles. The van der Waals surface area contributed by atoms with Crippen LogP contribution < -0.4 is 5.56 Å². The predicted octanol–water partition coefficient (Wildman–Crippen LogP) is -1.92. The van der Waals surface area contributed by atoms with Gasteiger partial charge in [0, 0.05) is 0 Å². The van der Waals surface area contributed by atoms with Crippen LogP contribution in [0.3, 0.4) is 0 Å². The van der Waals surface area contributed by atoms with Crippen LogP contribution in [0.1, 0.15) is 6.23 Å². The number of hydrogen-bond donors (Lipinski definition) is 7. The van der Waals surface area contributed by atoms with E-state index in [-0.39, 0.29) is 11.2 Å². The maximum atomic E-state index is 11.8. The second kappa shape index (κ2) is 8.53. The van der Waals surface area contributed by atoms with E-state index in [2.05, 4.69) is 28.1 Å². The molecule has 2 aromatic heterocycles. The third-order valence-electron chi connectivity index (χ3n) is 3.81. The summed E-state index contributed by atoms with van der Waals surface area (Å²) in [5.41, 5.74) is -0.681. The molecule has 1 fully saturated rings. The molecule has 3 rings (SSSR count). The molecule has 2 aromatic rings. The first-order valence-corrected chi connectivity index (χ1v) is 12.4. The van der Waals surface area contributed by atoms with E-state index in [0.717, 1.165) is 17.2 Å². The molecule has 3 unspecified atom stereocenters. The van der Waals surface area contributed by atoms with Crippen molar-refractivity contribution < 1.29 is 61.4 Å². The number of phosphoric acid groups is 3. The standard InChI is InChI=1S/C10H15N4O14P3/c15-6-4(1-25-30(21,22)28-31(23,24)27-29(18,19)20)26-10(7(6)16)14-3-13-5-8(14)11-2-12-9(5)17/h2-4,6-7,10,15-16H,1H2,(H,21,22)(H,23,24)(H,11,12,17)(H2,18,19,20)/t4-,6-,7-,10?/m1/s1. The molecule has 0 bridgehead atoms. The van der Waals surface area contributed by atoms with Gasteiger partial charge in [-0.3, -0.25) is 13.9 Å². The van der Waals surface area contributed by atoms with Crippen LogP contribution in [0.4, 0.5) is 0 Å². The van der Waals surface area contributed by atoms with E-state index < -0.39 is 60.2 Å². The van der Waals surface area contributed by atoms with Crippen molar-refractivity contribution in [3.63, 3.8) is 0 Å². The number of hydrogen-bond acceptors (Lipinski definition) is 12. The highest BCUT2D eigenvalue weighted by atomic mass is 31.3. The number of nitrogens with zero attached hydrogens (tertiary/aromatic N) is 3. The molecule has 7 N–H and O–H groups in total. The molecule has 3 heterocycles. The Morgan fingerprint density at radius 3 is 2.39 bits per heavy atom. The Labute approximate surface area is 170 Å². The normalized spacial score (nSPS) is 28.5. The summed E-state index contributed by atoms with van der Waals surface area (Å²) >= 11 is 0. The molecular formula is C10H15N4O14P3. The average Bonchev–Trinajstić information content (AvgIpc) is 3.13. The summed E-state index contributed by atoms with van der Waals surface area (Å²) in [5, 5.41) is 20.3. The molecule has 0 radical (unpaired) electrons. The second-order valence-corrected chi connectivity index (χ2v) is 10.4. The van der Waals surface area contributed by atoms with E-state index in [4.69, 9.17) is 19.4 Å². The smallest absolute Gasteiger partial charge is 0.387 e. The van der Waals surface area contributed by atoms with Gasteiger partial charge in [-0.25, -0.2) is 18.7 Å². The first-order chi connectivity index (χ1) is 14.2. The van der Waals surface area contributed by atoms with Crippen molar-refractivity contribution in [2.75, 3.05) is 6.61 Å². The molecule has 0 saturated carbocycles. The topological polar surface area (TPSA) is 273 Å². The maximum Gasteiger partial charge on any atom is 0.490 e. The van der Waals surface area contributed by atoms with Crippen molar-refractivity contribution in [1.82, 2.24) is 19.5 Å². The van der Waals surface area contributed by atoms with Gasteiger partial charge < -0.3 is 39.5 Å². The number of nitrogens with one attached hydrogen (secondary N) is 1. The zero-order valence-electron chi connectivity index (χ0n) is 14.8. The number of rotatable bonds is 8. The molecule has 18 nitrogen and oxygen atoms in total. The van der Waals surface area contributed by atoms with Crippen LogP contribution in [0.2, 0.25) is 0 Å². The van der Waals surface area contributed by atoms with Gasteiger partial charge in [-0.05, 0) is 0 Å². The van der Waals surface area contributed by atoms with Crippen LogP contribution in [-0.2, 0) is 31.6 Å². The summed E-state index contributed by atoms with van der Waals surface area (Å²) in [4.78, 5) is 57.1. The highest BCUT2D eigenvalue weighted by Gasteiger charge is 2.46. The molecule has 1 aliphatic rings. The predicted molar refractivity (Wildman–Crippen MR) is 93.9 cm³/mol. The van der Waals surface area contributed by atoms with Gasteiger partial charge in [0.1, 0.15) is 24.0 Å². The lowest BCUT2D eigenvalue weighted by atomic mass is 10.1. The number of ether oxygens (including phenoxy) is 1. The Kier molecular flexibility index (Phi) is 6.68. The van der Waals surface area contributed by atoms with Gasteiger partial charge in [0.05, 0.1) is 19.3 Å². The first-order valence-electron chi connectivity index (χ1n) is 7.89. The Bertz CT molecular complexity index is 1160. The third kappa shape index (κ3) is 5.71. The van der Waals surface area contributed by atoms with E-state index in [0.29, 0.717) is 0 Å². The molecular weight excluding hydrogens is 493 g/mol. The van der Waals surface area contributed by atoms with Crippen molar-refractivity contribution in [1.29, 1.82) is 0 Å². The summed E-state index contributed by atoms with van der Waals surface area (Å²) in [7, 11) is -16.7. The average molecular weight is 508 g/mol. The van der Waals surface area contributed by atoms with E-state index in [1.165, 1.54) is 0 Å². The van der Waals surface area contributed by atoms with Gasteiger partial charge in [0.2, 0.25) is 0 Å². The number of fused-ring (bicyclic) bond motifs is 1. The number of aromatic nitrogens is 4. The largest absolute Gasteiger partial charge is 0.490 e. The Balaban J connectivity index is 1.70. The zero-order chi connectivity index (χ0) is 23.2. The van der Waals surface area contributed by atoms with E-state index in [1.807, 2.05) is 0 Å². The number of H-pyrrole nitrogens is 1. The molecule has 31 heavy (non-hydrogen) atoms. The van der Waals surface area contributed by atoms with Crippen molar-refractivity contribution in [2.45, 2.75) is 24.5 Å². The molecule has 0 aromatic carbocycles. The van der Waals surface area contributed by atoms with E-state index in [9.17, 15) is 33.6 Å². The fraction of sp³-hybridized carbons (Fsp3) is 0.500. The van der Waals surface area contributed by atoms with Crippen LogP contribution in [0.15, 0.2) is 17.4 Å². The van der Waals surface area contributed by atoms with Crippen molar-refractivity contribution in [3.8, 4) is 0 Å². The molecule has 174 valence electrons. The van der Waals surface area contributed by atoms with Crippen LogP contribution in [0, 0.1) is 0 Å². The lowest BCUT2D eigenvalue weighted by Crippen LogP contribution is -2.33. The molecule has 0 spiro atoms. The molecule has 1 aliphatic heterocycles. The molecule has 21 heteroatoms. The highest BCUT2D eigenvalue weighted by Crippen LogP contribution is 2.66. The summed E-state index contributed by atoms with van der Waals surface area (Å²) in [6, 6.07) is 0. The van der Waals surface area contributed by atoms with Crippen LogP contribution in [0.5, 0.6) is 0 Å². The van der Waals surface area contributed by atoms with Gasteiger partial charge >= 0.3 is 29.0 Å². The Morgan fingerprint density at radius 1 is 1.06 bits per heavy atom. The second-order valence-electron chi connectivity index (χ2n) is 5.99. The molecule has 1 saturated heterocycles. The minimum atomic E-state index is -5.71.